The van der Waals surface area contributed by atoms with Gasteiger partial charge in [0.2, 0.25) is 5.91 Å². The molecular weight excluding hydrogens is 506 g/mol. The van der Waals surface area contributed by atoms with E-state index in [4.69, 9.17) is 20.4 Å². The van der Waals surface area contributed by atoms with Gasteiger partial charge in [-0.3, -0.25) is 4.79 Å². The van der Waals surface area contributed by atoms with Gasteiger partial charge in [0.25, 0.3) is 0 Å². The van der Waals surface area contributed by atoms with Crippen LogP contribution in [-0.4, -0.2) is 23.0 Å². The second-order valence-corrected chi connectivity index (χ2v) is 9.76. The topological polar surface area (TPSA) is 110 Å². The average molecular weight is 530 g/mol. The molecule has 2 aromatic heterocycles. The van der Waals surface area contributed by atoms with E-state index in [2.05, 4.69) is 5.32 Å². The van der Waals surface area contributed by atoms with Crippen LogP contribution in [0.25, 0.3) is 33.1 Å². The lowest BCUT2D eigenvalue weighted by Gasteiger charge is -2.15. The highest BCUT2D eigenvalue weighted by molar-refractivity contribution is 6.30. The van der Waals surface area contributed by atoms with E-state index < -0.39 is 23.5 Å². The largest absolute Gasteiger partial charge is 0.480 e. The van der Waals surface area contributed by atoms with Crippen molar-refractivity contribution in [3.05, 3.63) is 105 Å². The van der Waals surface area contributed by atoms with Crippen molar-refractivity contribution in [3.8, 4) is 11.1 Å². The van der Waals surface area contributed by atoms with Crippen LogP contribution in [0.3, 0.4) is 0 Å². The summed E-state index contributed by atoms with van der Waals surface area (Å²) in [5.74, 6) is -1.77. The van der Waals surface area contributed by atoms with Crippen molar-refractivity contribution in [1.82, 2.24) is 5.32 Å². The van der Waals surface area contributed by atoms with E-state index in [9.17, 15) is 19.5 Å². The molecule has 5 aromatic rings. The zero-order valence-corrected chi connectivity index (χ0v) is 21.5. The minimum Gasteiger partial charge on any atom is -0.480 e. The van der Waals surface area contributed by atoms with Gasteiger partial charge < -0.3 is 19.3 Å². The van der Waals surface area contributed by atoms with E-state index in [0.717, 1.165) is 22.1 Å². The molecule has 192 valence electrons. The Balaban J connectivity index is 1.45. The van der Waals surface area contributed by atoms with Gasteiger partial charge in [0.15, 0.2) is 0 Å². The number of aryl methyl sites for hydroxylation is 2. The molecule has 2 N–H and O–H groups in total. The third-order valence-corrected chi connectivity index (χ3v) is 6.92. The number of hydrogen-bond donors (Lipinski definition) is 2. The standard InChI is InChI=1S/C30H24ClNO6/c1-16-3-7-19(8-4-16)24-15-37-26-14-27-21(12-23(24)26)17(2)22(30(36)38-27)13-28(33)32-25(29(34)35)11-18-5-9-20(31)10-6-18/h3-10,12,14-15,25H,11,13H2,1-2H3,(H,32,33)(H,34,35)/t25-/m1/s1. The molecule has 1 atom stereocenters. The molecule has 8 heteroatoms. The van der Waals surface area contributed by atoms with Crippen LogP contribution in [-0.2, 0) is 22.4 Å². The van der Waals surface area contributed by atoms with Crippen LogP contribution in [0.15, 0.2) is 80.6 Å². The quantitative estimate of drug-likeness (QED) is 0.257. The first-order valence-corrected chi connectivity index (χ1v) is 12.4. The van der Waals surface area contributed by atoms with Gasteiger partial charge in [-0.15, -0.1) is 0 Å². The Morgan fingerprint density at radius 1 is 0.974 bits per heavy atom. The number of carboxylic acid groups (broad SMARTS) is 1. The Hall–Kier alpha value is -4.36. The van der Waals surface area contributed by atoms with Crippen molar-refractivity contribution in [1.29, 1.82) is 0 Å². The normalized spacial score (nSPS) is 12.1. The molecule has 0 saturated heterocycles. The Morgan fingerprint density at radius 2 is 1.68 bits per heavy atom. The fraction of sp³-hybridized carbons (Fsp3) is 0.167. The lowest BCUT2D eigenvalue weighted by atomic mass is 9.99. The fourth-order valence-electron chi connectivity index (χ4n) is 4.53. The van der Waals surface area contributed by atoms with Gasteiger partial charge in [0.05, 0.1) is 18.2 Å². The number of nitrogens with one attached hydrogen (secondary N) is 1. The maximum Gasteiger partial charge on any atom is 0.340 e. The minimum atomic E-state index is -1.18. The minimum absolute atomic E-state index is 0.0732. The average Bonchev–Trinajstić information content (AvgIpc) is 3.29. The number of rotatable bonds is 7. The number of carboxylic acids is 1. The molecule has 0 unspecified atom stereocenters. The Morgan fingerprint density at radius 3 is 2.37 bits per heavy atom. The Bertz CT molecular complexity index is 1730. The van der Waals surface area contributed by atoms with Gasteiger partial charge in [-0.25, -0.2) is 9.59 Å². The van der Waals surface area contributed by atoms with Crippen LogP contribution in [0.5, 0.6) is 0 Å². The van der Waals surface area contributed by atoms with Crippen molar-refractivity contribution < 1.29 is 23.5 Å². The summed E-state index contributed by atoms with van der Waals surface area (Å²) >= 11 is 5.90. The molecule has 1 amide bonds. The molecular formula is C30H24ClNO6. The third-order valence-electron chi connectivity index (χ3n) is 6.67. The molecule has 0 aliphatic carbocycles. The molecule has 3 aromatic carbocycles. The fourth-order valence-corrected chi connectivity index (χ4v) is 4.66. The smallest absolute Gasteiger partial charge is 0.340 e. The van der Waals surface area contributed by atoms with Crippen LogP contribution < -0.4 is 10.9 Å². The summed E-state index contributed by atoms with van der Waals surface area (Å²) < 4.78 is 11.3. The van der Waals surface area contributed by atoms with Gasteiger partial charge in [-0.1, -0.05) is 53.6 Å². The molecule has 0 spiro atoms. The monoisotopic (exact) mass is 529 g/mol. The first kappa shape index (κ1) is 25.3. The lowest BCUT2D eigenvalue weighted by Crippen LogP contribution is -2.43. The van der Waals surface area contributed by atoms with Crippen molar-refractivity contribution in [2.45, 2.75) is 32.7 Å². The zero-order chi connectivity index (χ0) is 27.0. The number of halogens is 1. The summed E-state index contributed by atoms with van der Waals surface area (Å²) in [7, 11) is 0. The molecule has 5 rings (SSSR count). The number of amides is 1. The number of benzene rings is 3. The van der Waals surface area contributed by atoms with E-state index >= 15 is 0 Å². The first-order valence-electron chi connectivity index (χ1n) is 12.0. The first-order chi connectivity index (χ1) is 18.2. The predicted molar refractivity (Wildman–Crippen MR) is 146 cm³/mol. The van der Waals surface area contributed by atoms with Gasteiger partial charge in [0, 0.05) is 33.8 Å². The molecule has 0 aliphatic rings. The van der Waals surface area contributed by atoms with Gasteiger partial charge in [-0.2, -0.15) is 0 Å². The molecule has 0 fully saturated rings. The number of furan rings is 1. The van der Waals surface area contributed by atoms with Crippen molar-refractivity contribution in [2.75, 3.05) is 0 Å². The van der Waals surface area contributed by atoms with Crippen LogP contribution in [0.4, 0.5) is 0 Å². The maximum atomic E-state index is 12.9. The molecule has 7 nitrogen and oxygen atoms in total. The highest BCUT2D eigenvalue weighted by Crippen LogP contribution is 2.34. The molecule has 0 aliphatic heterocycles. The predicted octanol–water partition coefficient (Wildman–Crippen LogP) is 5.83. The van der Waals surface area contributed by atoms with E-state index in [1.807, 2.05) is 37.3 Å². The summed E-state index contributed by atoms with van der Waals surface area (Å²) in [5.41, 5.74) is 4.77. The van der Waals surface area contributed by atoms with Gasteiger partial charge in [-0.05, 0) is 48.7 Å². The summed E-state index contributed by atoms with van der Waals surface area (Å²) in [6.45, 7) is 3.77. The van der Waals surface area contributed by atoms with Crippen LogP contribution >= 0.6 is 11.6 Å². The van der Waals surface area contributed by atoms with E-state index in [1.165, 1.54) is 0 Å². The second kappa shape index (κ2) is 10.2. The number of fused-ring (bicyclic) bond motifs is 2. The molecule has 38 heavy (non-hydrogen) atoms. The van der Waals surface area contributed by atoms with Crippen LogP contribution in [0.2, 0.25) is 5.02 Å². The summed E-state index contributed by atoms with van der Waals surface area (Å²) in [6.07, 6.45) is 1.43. The molecule has 0 bridgehead atoms. The van der Waals surface area contributed by atoms with E-state index in [1.54, 1.807) is 43.5 Å². The summed E-state index contributed by atoms with van der Waals surface area (Å²) in [4.78, 5) is 37.5. The highest BCUT2D eigenvalue weighted by atomic mass is 35.5. The molecule has 0 saturated carbocycles. The molecule has 2 heterocycles. The van der Waals surface area contributed by atoms with E-state index in [0.29, 0.717) is 32.7 Å². The van der Waals surface area contributed by atoms with Crippen LogP contribution in [0, 0.1) is 13.8 Å². The van der Waals surface area contributed by atoms with E-state index in [-0.39, 0.29) is 18.4 Å². The maximum absolute atomic E-state index is 12.9. The third kappa shape index (κ3) is 5.06. The zero-order valence-electron chi connectivity index (χ0n) is 20.7. The Kier molecular flexibility index (Phi) is 6.78. The van der Waals surface area contributed by atoms with Crippen molar-refractivity contribution in [3.63, 3.8) is 0 Å². The second-order valence-electron chi connectivity index (χ2n) is 9.32. The van der Waals surface area contributed by atoms with Crippen LogP contribution in [0.1, 0.15) is 22.3 Å². The van der Waals surface area contributed by atoms with Crippen molar-refractivity contribution in [2.24, 2.45) is 0 Å². The van der Waals surface area contributed by atoms with Crippen molar-refractivity contribution >= 4 is 45.4 Å². The van der Waals surface area contributed by atoms with Gasteiger partial charge >= 0.3 is 11.6 Å². The number of hydrogen-bond acceptors (Lipinski definition) is 5. The number of carbonyl (C=O) groups excluding carboxylic acids is 1. The SMILES string of the molecule is Cc1ccc(-c2coc3cc4oc(=O)c(CC(=O)N[C@H](Cc5ccc(Cl)cc5)C(=O)O)c(C)c4cc23)cc1. The number of carbonyl (C=O) groups is 2. The summed E-state index contributed by atoms with van der Waals surface area (Å²) in [5, 5.41) is 14.2. The summed E-state index contributed by atoms with van der Waals surface area (Å²) in [6, 6.07) is 17.2. The van der Waals surface area contributed by atoms with Gasteiger partial charge in [0.1, 0.15) is 17.2 Å². The Labute approximate surface area is 222 Å². The highest BCUT2D eigenvalue weighted by Gasteiger charge is 2.23. The molecule has 0 radical (unpaired) electrons. The number of aliphatic carboxylic acids is 1. The lowest BCUT2D eigenvalue weighted by molar-refractivity contribution is -0.141.